The summed E-state index contributed by atoms with van der Waals surface area (Å²) in [5, 5.41) is 8.71. The van der Waals surface area contributed by atoms with E-state index in [4.69, 9.17) is 5.11 Å². The van der Waals surface area contributed by atoms with Crippen molar-refractivity contribution in [1.29, 1.82) is 0 Å². The highest BCUT2D eigenvalue weighted by Crippen LogP contribution is 2.35. The molecular formula is C15H20N2O3. The maximum atomic E-state index is 12.2. The third-order valence-corrected chi connectivity index (χ3v) is 3.66. The Morgan fingerprint density at radius 3 is 2.50 bits per heavy atom. The molecule has 20 heavy (non-hydrogen) atoms. The Labute approximate surface area is 118 Å². The van der Waals surface area contributed by atoms with E-state index in [0.29, 0.717) is 6.54 Å². The number of likely N-dealkylation sites (N-methyl/N-ethyl adjacent to an activating group) is 1. The molecule has 1 aliphatic heterocycles. The molecule has 1 N–H and O–H groups in total. The number of hydrogen-bond acceptors (Lipinski definition) is 3. The average Bonchev–Trinajstić information content (AvgIpc) is 2.44. The molecule has 0 spiro atoms. The number of para-hydroxylation sites is 2. The van der Waals surface area contributed by atoms with Crippen molar-refractivity contribution in [2.75, 3.05) is 22.9 Å². The number of benzene rings is 1. The van der Waals surface area contributed by atoms with Crippen LogP contribution in [0.2, 0.25) is 0 Å². The largest absolute Gasteiger partial charge is 0.481 e. The Balaban J connectivity index is 2.27. The lowest BCUT2D eigenvalue weighted by Crippen LogP contribution is -2.49. The minimum Gasteiger partial charge on any atom is -0.481 e. The van der Waals surface area contributed by atoms with Crippen LogP contribution in [0.15, 0.2) is 24.3 Å². The van der Waals surface area contributed by atoms with E-state index >= 15 is 0 Å². The lowest BCUT2D eigenvalue weighted by molar-refractivity contribution is -0.138. The lowest BCUT2D eigenvalue weighted by atomic mass is 10.1. The number of fused-ring (bicyclic) bond motifs is 1. The number of nitrogens with zero attached hydrogens (tertiary/aromatic N) is 2. The number of aliphatic carboxylic acids is 1. The molecule has 0 saturated heterocycles. The number of anilines is 2. The molecule has 1 aliphatic rings. The number of hydrogen-bond donors (Lipinski definition) is 1. The molecule has 1 amide bonds. The SMILES string of the molecule is CCN1c2ccccc2N(C(=O)CCC(=O)O)CC1C. The van der Waals surface area contributed by atoms with Gasteiger partial charge in [-0.2, -0.15) is 0 Å². The van der Waals surface area contributed by atoms with E-state index in [1.54, 1.807) is 4.90 Å². The van der Waals surface area contributed by atoms with E-state index < -0.39 is 5.97 Å². The van der Waals surface area contributed by atoms with Crippen molar-refractivity contribution in [2.45, 2.75) is 32.7 Å². The van der Waals surface area contributed by atoms with E-state index in [-0.39, 0.29) is 24.8 Å². The highest BCUT2D eigenvalue weighted by molar-refractivity contribution is 5.99. The fourth-order valence-corrected chi connectivity index (χ4v) is 2.70. The second kappa shape index (κ2) is 5.94. The van der Waals surface area contributed by atoms with Crippen molar-refractivity contribution in [3.8, 4) is 0 Å². The molecule has 5 heteroatoms. The van der Waals surface area contributed by atoms with Gasteiger partial charge in [-0.1, -0.05) is 12.1 Å². The smallest absolute Gasteiger partial charge is 0.303 e. The van der Waals surface area contributed by atoms with Crippen molar-refractivity contribution in [3.63, 3.8) is 0 Å². The van der Waals surface area contributed by atoms with Crippen molar-refractivity contribution in [2.24, 2.45) is 0 Å². The molecule has 1 aromatic carbocycles. The van der Waals surface area contributed by atoms with Crippen LogP contribution < -0.4 is 9.80 Å². The van der Waals surface area contributed by atoms with Gasteiger partial charge in [0.05, 0.1) is 17.8 Å². The predicted molar refractivity (Wildman–Crippen MR) is 78.1 cm³/mol. The summed E-state index contributed by atoms with van der Waals surface area (Å²) in [5.74, 6) is -1.06. The maximum absolute atomic E-state index is 12.2. The quantitative estimate of drug-likeness (QED) is 0.915. The minimum absolute atomic E-state index is 0.0442. The molecule has 1 aromatic rings. The lowest BCUT2D eigenvalue weighted by Gasteiger charge is -2.42. The van der Waals surface area contributed by atoms with Gasteiger partial charge in [0, 0.05) is 25.6 Å². The van der Waals surface area contributed by atoms with Gasteiger partial charge < -0.3 is 14.9 Å². The van der Waals surface area contributed by atoms with Gasteiger partial charge in [0.25, 0.3) is 0 Å². The molecule has 0 radical (unpaired) electrons. The standard InChI is InChI=1S/C15H20N2O3/c1-3-16-11(2)10-17(14(18)8-9-15(19)20)13-7-5-4-6-12(13)16/h4-7,11H,3,8-10H2,1-2H3,(H,19,20). The van der Waals surface area contributed by atoms with E-state index in [2.05, 4.69) is 18.7 Å². The normalized spacial score (nSPS) is 17.8. The molecule has 1 atom stereocenters. The summed E-state index contributed by atoms with van der Waals surface area (Å²) in [4.78, 5) is 26.8. The van der Waals surface area contributed by atoms with Crippen LogP contribution in [0.25, 0.3) is 0 Å². The van der Waals surface area contributed by atoms with E-state index in [1.165, 1.54) is 0 Å². The number of carboxylic acids is 1. The molecule has 0 saturated carbocycles. The summed E-state index contributed by atoms with van der Waals surface area (Å²) in [6, 6.07) is 8.01. The van der Waals surface area contributed by atoms with E-state index in [9.17, 15) is 9.59 Å². The first-order valence-electron chi connectivity index (χ1n) is 6.92. The monoisotopic (exact) mass is 276 g/mol. The highest BCUT2D eigenvalue weighted by Gasteiger charge is 2.30. The van der Waals surface area contributed by atoms with Crippen LogP contribution in [-0.4, -0.2) is 36.1 Å². The Bertz CT molecular complexity index is 516. The first kappa shape index (κ1) is 14.4. The minimum atomic E-state index is -0.938. The zero-order valence-electron chi connectivity index (χ0n) is 11.9. The molecule has 2 rings (SSSR count). The van der Waals surface area contributed by atoms with Gasteiger partial charge in [0.1, 0.15) is 0 Å². The second-order valence-electron chi connectivity index (χ2n) is 5.02. The van der Waals surface area contributed by atoms with Crippen LogP contribution in [-0.2, 0) is 9.59 Å². The molecule has 0 bridgehead atoms. The van der Waals surface area contributed by atoms with Crippen LogP contribution in [0, 0.1) is 0 Å². The molecule has 1 heterocycles. The van der Waals surface area contributed by atoms with Gasteiger partial charge in [-0.3, -0.25) is 9.59 Å². The van der Waals surface area contributed by atoms with Crippen LogP contribution in [0.4, 0.5) is 11.4 Å². The van der Waals surface area contributed by atoms with Gasteiger partial charge in [0.15, 0.2) is 0 Å². The molecule has 0 fully saturated rings. The fraction of sp³-hybridized carbons (Fsp3) is 0.467. The second-order valence-corrected chi connectivity index (χ2v) is 5.02. The molecular weight excluding hydrogens is 256 g/mol. The van der Waals surface area contributed by atoms with Crippen LogP contribution in [0.5, 0.6) is 0 Å². The first-order chi connectivity index (χ1) is 9.54. The predicted octanol–water partition coefficient (Wildman–Crippen LogP) is 2.11. The molecule has 0 aliphatic carbocycles. The van der Waals surface area contributed by atoms with Gasteiger partial charge in [-0.05, 0) is 26.0 Å². The summed E-state index contributed by atoms with van der Waals surface area (Å²) in [6.07, 6.45) is -0.0775. The Morgan fingerprint density at radius 2 is 1.90 bits per heavy atom. The Kier molecular flexibility index (Phi) is 4.27. The molecule has 0 aromatic heterocycles. The summed E-state index contributed by atoms with van der Waals surface area (Å²) in [7, 11) is 0. The van der Waals surface area contributed by atoms with Crippen LogP contribution >= 0.6 is 0 Å². The van der Waals surface area contributed by atoms with Crippen LogP contribution in [0.1, 0.15) is 26.7 Å². The number of carbonyl (C=O) groups excluding carboxylic acids is 1. The third-order valence-electron chi connectivity index (χ3n) is 3.66. The molecule has 108 valence electrons. The van der Waals surface area contributed by atoms with Gasteiger partial charge in [-0.15, -0.1) is 0 Å². The molecule has 1 unspecified atom stereocenters. The zero-order chi connectivity index (χ0) is 14.7. The number of carbonyl (C=O) groups is 2. The maximum Gasteiger partial charge on any atom is 0.303 e. The first-order valence-corrected chi connectivity index (χ1v) is 6.92. The third kappa shape index (κ3) is 2.76. The number of amides is 1. The molecule has 5 nitrogen and oxygen atoms in total. The number of carboxylic acid groups (broad SMARTS) is 1. The van der Waals surface area contributed by atoms with Crippen molar-refractivity contribution in [3.05, 3.63) is 24.3 Å². The summed E-state index contributed by atoms with van der Waals surface area (Å²) in [5.41, 5.74) is 1.92. The highest BCUT2D eigenvalue weighted by atomic mass is 16.4. The summed E-state index contributed by atoms with van der Waals surface area (Å²) >= 11 is 0. The summed E-state index contributed by atoms with van der Waals surface area (Å²) in [6.45, 7) is 5.66. The average molecular weight is 276 g/mol. The van der Waals surface area contributed by atoms with Gasteiger partial charge in [0.2, 0.25) is 5.91 Å². The fourth-order valence-electron chi connectivity index (χ4n) is 2.70. The van der Waals surface area contributed by atoms with E-state index in [1.807, 2.05) is 24.3 Å². The topological polar surface area (TPSA) is 60.9 Å². The van der Waals surface area contributed by atoms with Crippen molar-refractivity contribution in [1.82, 2.24) is 0 Å². The Hall–Kier alpha value is -2.04. The van der Waals surface area contributed by atoms with E-state index in [0.717, 1.165) is 17.9 Å². The zero-order valence-corrected chi connectivity index (χ0v) is 11.9. The van der Waals surface area contributed by atoms with Crippen molar-refractivity contribution < 1.29 is 14.7 Å². The number of rotatable bonds is 4. The Morgan fingerprint density at radius 1 is 1.25 bits per heavy atom. The van der Waals surface area contributed by atoms with Crippen molar-refractivity contribution >= 4 is 23.3 Å². The van der Waals surface area contributed by atoms with Crippen LogP contribution in [0.3, 0.4) is 0 Å². The van der Waals surface area contributed by atoms with Gasteiger partial charge in [-0.25, -0.2) is 0 Å². The van der Waals surface area contributed by atoms with Gasteiger partial charge >= 0.3 is 5.97 Å². The summed E-state index contributed by atoms with van der Waals surface area (Å²) < 4.78 is 0.